The second kappa shape index (κ2) is 5.52. The zero-order chi connectivity index (χ0) is 14.7. The van der Waals surface area contributed by atoms with Crippen molar-refractivity contribution in [1.29, 1.82) is 0 Å². The first kappa shape index (κ1) is 13.7. The predicted molar refractivity (Wildman–Crippen MR) is 73.8 cm³/mol. The lowest BCUT2D eigenvalue weighted by Crippen LogP contribution is -2.19. The molecule has 104 valence electrons. The van der Waals surface area contributed by atoms with E-state index in [4.69, 9.17) is 5.73 Å². The van der Waals surface area contributed by atoms with Crippen molar-refractivity contribution in [3.8, 4) is 0 Å². The number of benzene rings is 1. The molecule has 0 aliphatic carbocycles. The SMILES string of the molecule is CN(Cc1cccc(F)c1)c1nc(N)ccc1[N+](=O)[O-]. The molecule has 6 nitrogen and oxygen atoms in total. The summed E-state index contributed by atoms with van der Waals surface area (Å²) >= 11 is 0. The lowest BCUT2D eigenvalue weighted by atomic mass is 10.2. The van der Waals surface area contributed by atoms with E-state index in [1.165, 1.54) is 24.3 Å². The largest absolute Gasteiger partial charge is 0.384 e. The van der Waals surface area contributed by atoms with Crippen LogP contribution in [0.1, 0.15) is 5.56 Å². The maximum absolute atomic E-state index is 13.1. The molecule has 1 aromatic heterocycles. The van der Waals surface area contributed by atoms with Crippen molar-refractivity contribution in [3.63, 3.8) is 0 Å². The molecule has 2 rings (SSSR count). The van der Waals surface area contributed by atoms with E-state index >= 15 is 0 Å². The van der Waals surface area contributed by atoms with Gasteiger partial charge in [0.2, 0.25) is 5.82 Å². The summed E-state index contributed by atoms with van der Waals surface area (Å²) in [6, 6.07) is 8.70. The molecular formula is C13H13FN4O2. The standard InChI is InChI=1S/C13H13FN4O2/c1-17(8-9-3-2-4-10(14)7-9)13-11(18(19)20)5-6-12(15)16-13/h2-7H,8H2,1H3,(H2,15,16). The summed E-state index contributed by atoms with van der Waals surface area (Å²) in [6.07, 6.45) is 0. The molecule has 2 aromatic rings. The molecule has 0 bridgehead atoms. The number of nitrogens with zero attached hydrogens (tertiary/aromatic N) is 3. The summed E-state index contributed by atoms with van der Waals surface area (Å²) in [5, 5.41) is 11.0. The highest BCUT2D eigenvalue weighted by molar-refractivity contribution is 5.60. The summed E-state index contributed by atoms with van der Waals surface area (Å²) in [5.74, 6) is -0.0121. The van der Waals surface area contributed by atoms with Crippen LogP contribution in [-0.4, -0.2) is 17.0 Å². The van der Waals surface area contributed by atoms with Crippen LogP contribution in [0.15, 0.2) is 36.4 Å². The Balaban J connectivity index is 2.31. The van der Waals surface area contributed by atoms with E-state index in [0.29, 0.717) is 5.56 Å². The Hall–Kier alpha value is -2.70. The average Bonchev–Trinajstić information content (AvgIpc) is 2.38. The number of nitrogens with two attached hydrogens (primary N) is 1. The van der Waals surface area contributed by atoms with Gasteiger partial charge in [-0.1, -0.05) is 12.1 Å². The molecule has 0 atom stereocenters. The van der Waals surface area contributed by atoms with Crippen LogP contribution in [0.25, 0.3) is 0 Å². The zero-order valence-electron chi connectivity index (χ0n) is 10.8. The van der Waals surface area contributed by atoms with Crippen molar-refractivity contribution in [1.82, 2.24) is 4.98 Å². The Labute approximate surface area is 114 Å². The minimum absolute atomic E-state index is 0.141. The lowest BCUT2D eigenvalue weighted by Gasteiger charge is -2.18. The first-order valence-corrected chi connectivity index (χ1v) is 5.84. The molecule has 0 radical (unpaired) electrons. The number of aromatic nitrogens is 1. The minimum atomic E-state index is -0.524. The summed E-state index contributed by atoms with van der Waals surface area (Å²) in [5.41, 5.74) is 6.11. The van der Waals surface area contributed by atoms with E-state index in [-0.39, 0.29) is 29.7 Å². The van der Waals surface area contributed by atoms with Gasteiger partial charge in [-0.05, 0) is 23.8 Å². The molecule has 20 heavy (non-hydrogen) atoms. The van der Waals surface area contributed by atoms with Gasteiger partial charge in [-0.25, -0.2) is 9.37 Å². The second-order valence-corrected chi connectivity index (χ2v) is 4.32. The quantitative estimate of drug-likeness (QED) is 0.684. The van der Waals surface area contributed by atoms with Crippen LogP contribution in [0.2, 0.25) is 0 Å². The fourth-order valence-electron chi connectivity index (χ4n) is 1.86. The van der Waals surface area contributed by atoms with Crippen LogP contribution in [0.3, 0.4) is 0 Å². The molecule has 1 heterocycles. The molecule has 2 N–H and O–H groups in total. The fourth-order valence-corrected chi connectivity index (χ4v) is 1.86. The Morgan fingerprint density at radius 3 is 2.80 bits per heavy atom. The molecule has 0 aliphatic rings. The van der Waals surface area contributed by atoms with Gasteiger partial charge in [0.1, 0.15) is 11.6 Å². The van der Waals surface area contributed by atoms with Crippen molar-refractivity contribution in [2.75, 3.05) is 17.7 Å². The van der Waals surface area contributed by atoms with E-state index in [2.05, 4.69) is 4.98 Å². The van der Waals surface area contributed by atoms with Crippen LogP contribution < -0.4 is 10.6 Å². The van der Waals surface area contributed by atoms with Crippen molar-refractivity contribution < 1.29 is 9.31 Å². The molecule has 0 aliphatic heterocycles. The number of nitrogen functional groups attached to an aromatic ring is 1. The lowest BCUT2D eigenvalue weighted by molar-refractivity contribution is -0.384. The van der Waals surface area contributed by atoms with Gasteiger partial charge in [-0.2, -0.15) is 0 Å². The predicted octanol–water partition coefficient (Wildman–Crippen LogP) is 2.35. The number of anilines is 2. The molecule has 0 fully saturated rings. The average molecular weight is 276 g/mol. The molecule has 0 spiro atoms. The van der Waals surface area contributed by atoms with Crippen molar-refractivity contribution in [3.05, 3.63) is 57.9 Å². The Bertz CT molecular complexity index is 648. The first-order valence-electron chi connectivity index (χ1n) is 5.84. The topological polar surface area (TPSA) is 85.3 Å². The Morgan fingerprint density at radius 2 is 2.15 bits per heavy atom. The first-order chi connectivity index (χ1) is 9.47. The van der Waals surface area contributed by atoms with Crippen LogP contribution >= 0.6 is 0 Å². The van der Waals surface area contributed by atoms with E-state index in [1.54, 1.807) is 24.1 Å². The monoisotopic (exact) mass is 276 g/mol. The maximum atomic E-state index is 13.1. The Morgan fingerprint density at radius 1 is 1.40 bits per heavy atom. The van der Waals surface area contributed by atoms with Crippen molar-refractivity contribution in [2.45, 2.75) is 6.54 Å². The summed E-state index contributed by atoms with van der Waals surface area (Å²) in [7, 11) is 1.64. The van der Waals surface area contributed by atoms with Gasteiger partial charge >= 0.3 is 5.69 Å². The van der Waals surface area contributed by atoms with Crippen LogP contribution in [0.5, 0.6) is 0 Å². The minimum Gasteiger partial charge on any atom is -0.384 e. The third kappa shape index (κ3) is 3.00. The smallest absolute Gasteiger partial charge is 0.311 e. The molecule has 0 saturated heterocycles. The summed E-state index contributed by atoms with van der Waals surface area (Å²) in [4.78, 5) is 16.0. The highest BCUT2D eigenvalue weighted by atomic mass is 19.1. The molecule has 0 amide bonds. The van der Waals surface area contributed by atoms with Crippen molar-refractivity contribution in [2.24, 2.45) is 0 Å². The van der Waals surface area contributed by atoms with Gasteiger partial charge in [-0.3, -0.25) is 10.1 Å². The van der Waals surface area contributed by atoms with E-state index < -0.39 is 4.92 Å². The third-order valence-electron chi connectivity index (χ3n) is 2.74. The maximum Gasteiger partial charge on any atom is 0.311 e. The van der Waals surface area contributed by atoms with E-state index in [9.17, 15) is 14.5 Å². The second-order valence-electron chi connectivity index (χ2n) is 4.32. The third-order valence-corrected chi connectivity index (χ3v) is 2.74. The van der Waals surface area contributed by atoms with E-state index in [1.807, 2.05) is 0 Å². The number of pyridine rings is 1. The fraction of sp³-hybridized carbons (Fsp3) is 0.154. The van der Waals surface area contributed by atoms with Crippen LogP contribution in [0, 0.1) is 15.9 Å². The molecular weight excluding hydrogens is 263 g/mol. The van der Waals surface area contributed by atoms with Gasteiger partial charge in [0.25, 0.3) is 0 Å². The van der Waals surface area contributed by atoms with E-state index in [0.717, 1.165) is 0 Å². The number of halogens is 1. The normalized spacial score (nSPS) is 10.3. The highest BCUT2D eigenvalue weighted by Gasteiger charge is 2.19. The van der Waals surface area contributed by atoms with Gasteiger partial charge in [0, 0.05) is 19.7 Å². The number of hydrogen-bond acceptors (Lipinski definition) is 5. The molecule has 0 unspecified atom stereocenters. The Kier molecular flexibility index (Phi) is 3.79. The summed E-state index contributed by atoms with van der Waals surface area (Å²) in [6.45, 7) is 0.287. The highest BCUT2D eigenvalue weighted by Crippen LogP contribution is 2.27. The van der Waals surface area contributed by atoms with Gasteiger partial charge in [-0.15, -0.1) is 0 Å². The summed E-state index contributed by atoms with van der Waals surface area (Å²) < 4.78 is 13.1. The van der Waals surface area contributed by atoms with Crippen molar-refractivity contribution >= 4 is 17.3 Å². The van der Waals surface area contributed by atoms with Crippen LogP contribution in [0.4, 0.5) is 21.7 Å². The number of rotatable bonds is 4. The van der Waals surface area contributed by atoms with Crippen LogP contribution in [-0.2, 0) is 6.54 Å². The molecule has 7 heteroatoms. The zero-order valence-corrected chi connectivity index (χ0v) is 10.8. The van der Waals surface area contributed by atoms with Gasteiger partial charge < -0.3 is 10.6 Å². The number of hydrogen-bond donors (Lipinski definition) is 1. The van der Waals surface area contributed by atoms with Gasteiger partial charge in [0.05, 0.1) is 4.92 Å². The molecule has 0 saturated carbocycles. The number of nitro groups is 1. The van der Waals surface area contributed by atoms with Gasteiger partial charge in [0.15, 0.2) is 0 Å². The molecule has 1 aromatic carbocycles.